The highest BCUT2D eigenvalue weighted by atomic mass is 32.2. The van der Waals surface area contributed by atoms with Crippen molar-refractivity contribution in [2.75, 3.05) is 7.05 Å². The number of nitrogens with one attached hydrogen (secondary N) is 2. The predicted molar refractivity (Wildman–Crippen MR) is 64.0 cm³/mol. The SMILES string of the molecule is CNC(=O)NC(=O)[C@H](C)Sc1nnnn1C1CC1. The fourth-order valence-corrected chi connectivity index (χ4v) is 2.16. The maximum atomic E-state index is 11.7. The van der Waals surface area contributed by atoms with Crippen LogP contribution in [-0.4, -0.2) is 44.4 Å². The number of hydrogen-bond acceptors (Lipinski definition) is 6. The second kappa shape index (κ2) is 5.34. The van der Waals surface area contributed by atoms with Gasteiger partial charge in [-0.2, -0.15) is 0 Å². The molecule has 8 nitrogen and oxygen atoms in total. The summed E-state index contributed by atoms with van der Waals surface area (Å²) in [7, 11) is 1.45. The van der Waals surface area contributed by atoms with Crippen LogP contribution in [0.5, 0.6) is 0 Å². The van der Waals surface area contributed by atoms with Crippen LogP contribution in [0.15, 0.2) is 5.16 Å². The number of nitrogens with zero attached hydrogens (tertiary/aromatic N) is 4. The molecule has 1 saturated carbocycles. The van der Waals surface area contributed by atoms with Crippen LogP contribution in [0.4, 0.5) is 4.79 Å². The zero-order valence-electron chi connectivity index (χ0n) is 10.1. The average Bonchev–Trinajstić information content (AvgIpc) is 3.10. The summed E-state index contributed by atoms with van der Waals surface area (Å²) in [6.07, 6.45) is 2.13. The van der Waals surface area contributed by atoms with Crippen molar-refractivity contribution in [3.05, 3.63) is 0 Å². The van der Waals surface area contributed by atoms with Gasteiger partial charge in [-0.05, 0) is 30.2 Å². The number of carbonyl (C=O) groups is 2. The number of thioether (sulfide) groups is 1. The summed E-state index contributed by atoms with van der Waals surface area (Å²) in [6, 6.07) is -0.161. The van der Waals surface area contributed by atoms with Gasteiger partial charge in [0.05, 0.1) is 11.3 Å². The Bertz CT molecular complexity index is 458. The molecule has 2 N–H and O–H groups in total. The van der Waals surface area contributed by atoms with Gasteiger partial charge in [0.2, 0.25) is 11.1 Å². The van der Waals surface area contributed by atoms with Crippen LogP contribution in [0.3, 0.4) is 0 Å². The summed E-state index contributed by atoms with van der Waals surface area (Å²) >= 11 is 1.24. The Labute approximate surface area is 108 Å². The summed E-state index contributed by atoms with van der Waals surface area (Å²) in [5.74, 6) is -0.371. The molecule has 1 aliphatic carbocycles. The average molecular weight is 270 g/mol. The van der Waals surface area contributed by atoms with Crippen molar-refractivity contribution < 1.29 is 9.59 Å². The molecule has 18 heavy (non-hydrogen) atoms. The molecule has 0 spiro atoms. The minimum atomic E-state index is -0.519. The third-order valence-corrected chi connectivity index (χ3v) is 3.52. The van der Waals surface area contributed by atoms with Gasteiger partial charge < -0.3 is 5.32 Å². The quantitative estimate of drug-likeness (QED) is 0.743. The number of imide groups is 1. The molecule has 0 saturated heterocycles. The summed E-state index contributed by atoms with van der Waals surface area (Å²) in [5, 5.41) is 16.1. The summed E-state index contributed by atoms with van der Waals surface area (Å²) in [4.78, 5) is 22.7. The van der Waals surface area contributed by atoms with Crippen LogP contribution in [0.2, 0.25) is 0 Å². The van der Waals surface area contributed by atoms with E-state index < -0.39 is 11.3 Å². The first-order chi connectivity index (χ1) is 8.61. The number of amides is 3. The Kier molecular flexibility index (Phi) is 3.80. The maximum Gasteiger partial charge on any atom is 0.321 e. The molecule has 0 bridgehead atoms. The van der Waals surface area contributed by atoms with E-state index in [0.29, 0.717) is 11.2 Å². The molecule has 1 aromatic heterocycles. The topological polar surface area (TPSA) is 102 Å². The van der Waals surface area contributed by atoms with Crippen LogP contribution < -0.4 is 10.6 Å². The van der Waals surface area contributed by atoms with E-state index in [1.165, 1.54) is 18.8 Å². The highest BCUT2D eigenvalue weighted by Gasteiger charge is 2.29. The lowest BCUT2D eigenvalue weighted by Gasteiger charge is -2.10. The smallest absolute Gasteiger partial charge is 0.321 e. The van der Waals surface area contributed by atoms with Gasteiger partial charge in [0.15, 0.2) is 0 Å². The molecule has 0 unspecified atom stereocenters. The minimum Gasteiger partial charge on any atom is -0.341 e. The summed E-state index contributed by atoms with van der Waals surface area (Å²) in [5.41, 5.74) is 0. The van der Waals surface area contributed by atoms with Gasteiger partial charge in [0, 0.05) is 7.05 Å². The van der Waals surface area contributed by atoms with Crippen molar-refractivity contribution in [2.24, 2.45) is 0 Å². The molecule has 98 valence electrons. The molecule has 2 rings (SSSR count). The molecule has 1 fully saturated rings. The Balaban J connectivity index is 1.93. The van der Waals surface area contributed by atoms with Crippen molar-refractivity contribution >= 4 is 23.7 Å². The third kappa shape index (κ3) is 2.97. The van der Waals surface area contributed by atoms with Crippen molar-refractivity contribution in [3.63, 3.8) is 0 Å². The van der Waals surface area contributed by atoms with Crippen LogP contribution in [0.25, 0.3) is 0 Å². The first-order valence-corrected chi connectivity index (χ1v) is 6.47. The number of carbonyl (C=O) groups excluding carboxylic acids is 2. The lowest BCUT2D eigenvalue weighted by atomic mass is 10.4. The molecule has 0 aromatic carbocycles. The van der Waals surface area contributed by atoms with E-state index in [1.807, 2.05) is 0 Å². The second-order valence-electron chi connectivity index (χ2n) is 3.97. The highest BCUT2D eigenvalue weighted by molar-refractivity contribution is 8.00. The second-order valence-corrected chi connectivity index (χ2v) is 5.27. The lowest BCUT2D eigenvalue weighted by molar-refractivity contribution is -0.119. The van der Waals surface area contributed by atoms with Crippen molar-refractivity contribution in [1.29, 1.82) is 0 Å². The molecule has 1 aliphatic rings. The summed E-state index contributed by atoms with van der Waals surface area (Å²) < 4.78 is 1.73. The number of tetrazole rings is 1. The molecule has 0 aliphatic heterocycles. The number of aromatic nitrogens is 4. The molecule has 1 heterocycles. The van der Waals surface area contributed by atoms with Gasteiger partial charge in [-0.25, -0.2) is 9.48 Å². The van der Waals surface area contributed by atoms with Crippen molar-refractivity contribution in [1.82, 2.24) is 30.8 Å². The monoisotopic (exact) mass is 270 g/mol. The fraction of sp³-hybridized carbons (Fsp3) is 0.667. The zero-order valence-corrected chi connectivity index (χ0v) is 10.9. The van der Waals surface area contributed by atoms with E-state index >= 15 is 0 Å². The Morgan fingerprint density at radius 3 is 2.83 bits per heavy atom. The summed E-state index contributed by atoms with van der Waals surface area (Å²) in [6.45, 7) is 1.70. The largest absolute Gasteiger partial charge is 0.341 e. The molecule has 0 radical (unpaired) electrons. The van der Waals surface area contributed by atoms with Crippen LogP contribution >= 0.6 is 11.8 Å². The lowest BCUT2D eigenvalue weighted by Crippen LogP contribution is -2.41. The van der Waals surface area contributed by atoms with E-state index in [9.17, 15) is 9.59 Å². The molecular weight excluding hydrogens is 256 g/mol. The van der Waals surface area contributed by atoms with Crippen molar-refractivity contribution in [2.45, 2.75) is 36.2 Å². The van der Waals surface area contributed by atoms with Gasteiger partial charge in [0.1, 0.15) is 0 Å². The van der Waals surface area contributed by atoms with E-state index in [2.05, 4.69) is 26.2 Å². The standard InChI is InChI=1S/C9H14N6O2S/c1-5(7(16)11-8(17)10-2)18-9-12-13-14-15(9)6-3-4-6/h5-6H,3-4H2,1-2H3,(H2,10,11,16,17)/t5-/m0/s1. The zero-order chi connectivity index (χ0) is 13.1. The number of rotatable bonds is 4. The molecular formula is C9H14N6O2S. The fourth-order valence-electron chi connectivity index (χ4n) is 1.30. The molecule has 1 atom stereocenters. The maximum absolute atomic E-state index is 11.7. The van der Waals surface area contributed by atoms with E-state index in [0.717, 1.165) is 12.8 Å². The molecule has 1 aromatic rings. The van der Waals surface area contributed by atoms with Crippen LogP contribution in [-0.2, 0) is 4.79 Å². The van der Waals surface area contributed by atoms with Gasteiger partial charge in [-0.15, -0.1) is 5.10 Å². The van der Waals surface area contributed by atoms with E-state index in [4.69, 9.17) is 0 Å². The normalized spacial score (nSPS) is 16.1. The highest BCUT2D eigenvalue weighted by Crippen LogP contribution is 2.37. The Morgan fingerprint density at radius 1 is 1.50 bits per heavy atom. The van der Waals surface area contributed by atoms with Gasteiger partial charge in [-0.1, -0.05) is 11.8 Å². The van der Waals surface area contributed by atoms with Gasteiger partial charge in [0.25, 0.3) is 0 Å². The number of urea groups is 1. The van der Waals surface area contributed by atoms with Gasteiger partial charge in [-0.3, -0.25) is 10.1 Å². The number of hydrogen-bond donors (Lipinski definition) is 2. The van der Waals surface area contributed by atoms with E-state index in [1.54, 1.807) is 11.6 Å². The van der Waals surface area contributed by atoms with E-state index in [-0.39, 0.29) is 5.91 Å². The van der Waals surface area contributed by atoms with Crippen LogP contribution in [0.1, 0.15) is 25.8 Å². The molecule has 9 heteroatoms. The minimum absolute atomic E-state index is 0.358. The third-order valence-electron chi connectivity index (χ3n) is 2.47. The van der Waals surface area contributed by atoms with Crippen molar-refractivity contribution in [3.8, 4) is 0 Å². The Morgan fingerprint density at radius 2 is 2.22 bits per heavy atom. The molecule has 3 amide bonds. The first kappa shape index (κ1) is 12.8. The predicted octanol–water partition coefficient (Wildman–Crippen LogP) is -0.0558. The first-order valence-electron chi connectivity index (χ1n) is 5.59. The van der Waals surface area contributed by atoms with Gasteiger partial charge >= 0.3 is 6.03 Å². The van der Waals surface area contributed by atoms with Crippen LogP contribution in [0, 0.1) is 0 Å². The Hall–Kier alpha value is -1.64.